The monoisotopic (exact) mass is 406 g/mol. The maximum Gasteiger partial charge on any atom is 0.201 e. The molecule has 1 nitrogen and oxygen atoms in total. The Morgan fingerprint density at radius 3 is 1.90 bits per heavy atom. The van der Waals surface area contributed by atoms with Gasteiger partial charge in [0, 0.05) is 0 Å². The van der Waals surface area contributed by atoms with Crippen molar-refractivity contribution in [3.05, 3.63) is 28.8 Å². The Hall–Kier alpha value is -1.12. The first-order chi connectivity index (χ1) is 14.0. The molecule has 0 spiro atoms. The molecular formula is C26H40F2O. The number of hydrogen-bond acceptors (Lipinski definition) is 1. The molecule has 0 aromatic heterocycles. The van der Waals surface area contributed by atoms with Gasteiger partial charge in [-0.25, -0.2) is 4.39 Å². The smallest absolute Gasteiger partial charge is 0.201 e. The van der Waals surface area contributed by atoms with Crippen LogP contribution in [-0.2, 0) is 6.42 Å². The summed E-state index contributed by atoms with van der Waals surface area (Å²) in [7, 11) is 0. The predicted molar refractivity (Wildman–Crippen MR) is 116 cm³/mol. The first-order valence-corrected chi connectivity index (χ1v) is 12.1. The van der Waals surface area contributed by atoms with E-state index >= 15 is 0 Å². The van der Waals surface area contributed by atoms with Crippen LogP contribution in [0.1, 0.15) is 95.6 Å². The van der Waals surface area contributed by atoms with Gasteiger partial charge >= 0.3 is 0 Å². The summed E-state index contributed by atoms with van der Waals surface area (Å²) < 4.78 is 34.0. The number of rotatable bonds is 8. The highest BCUT2D eigenvalue weighted by Crippen LogP contribution is 2.43. The lowest BCUT2D eigenvalue weighted by atomic mass is 9.68. The summed E-state index contributed by atoms with van der Waals surface area (Å²) in [6, 6.07) is 1.78. The van der Waals surface area contributed by atoms with Crippen LogP contribution in [-0.4, -0.2) is 6.61 Å². The second-order valence-electron chi connectivity index (χ2n) is 9.63. The summed E-state index contributed by atoms with van der Waals surface area (Å²) in [6.45, 7) is 6.25. The van der Waals surface area contributed by atoms with Crippen LogP contribution >= 0.6 is 0 Å². The van der Waals surface area contributed by atoms with E-state index in [9.17, 15) is 8.78 Å². The Bertz CT molecular complexity index is 641. The van der Waals surface area contributed by atoms with Gasteiger partial charge in [0.1, 0.15) is 0 Å². The summed E-state index contributed by atoms with van der Waals surface area (Å²) in [5.41, 5.74) is 1.21. The summed E-state index contributed by atoms with van der Waals surface area (Å²) in [5, 5.41) is 0. The van der Waals surface area contributed by atoms with E-state index in [1.807, 2.05) is 0 Å². The Morgan fingerprint density at radius 2 is 1.38 bits per heavy atom. The van der Waals surface area contributed by atoms with Crippen molar-refractivity contribution in [2.45, 2.75) is 97.8 Å². The Kier molecular flexibility index (Phi) is 8.38. The van der Waals surface area contributed by atoms with Crippen LogP contribution in [0.3, 0.4) is 0 Å². The molecule has 1 aromatic rings. The molecule has 1 aromatic carbocycles. The molecule has 164 valence electrons. The van der Waals surface area contributed by atoms with Crippen LogP contribution in [0.2, 0.25) is 0 Å². The van der Waals surface area contributed by atoms with E-state index in [2.05, 4.69) is 6.92 Å². The lowest BCUT2D eigenvalue weighted by molar-refractivity contribution is 0.141. The molecule has 0 aliphatic heterocycles. The first kappa shape index (κ1) is 22.6. The van der Waals surface area contributed by atoms with Crippen molar-refractivity contribution < 1.29 is 13.5 Å². The molecule has 2 aliphatic rings. The molecule has 29 heavy (non-hydrogen) atoms. The average Bonchev–Trinajstić information content (AvgIpc) is 2.74. The van der Waals surface area contributed by atoms with Crippen LogP contribution in [0.25, 0.3) is 0 Å². The first-order valence-electron chi connectivity index (χ1n) is 12.1. The fraction of sp³-hybridized carbons (Fsp3) is 0.769. The molecule has 0 heterocycles. The molecule has 0 amide bonds. The zero-order valence-electron chi connectivity index (χ0n) is 18.7. The van der Waals surface area contributed by atoms with Crippen molar-refractivity contribution in [2.24, 2.45) is 23.7 Å². The van der Waals surface area contributed by atoms with Gasteiger partial charge in [-0.05, 0) is 93.2 Å². The SMILES string of the molecule is CCCC1CCC(C2CCC(CCc3cc(C)c(OCC)c(F)c3F)CC2)CC1. The van der Waals surface area contributed by atoms with E-state index in [0.29, 0.717) is 30.1 Å². The highest BCUT2D eigenvalue weighted by Gasteiger charge is 2.30. The standard InChI is InChI=1S/C26H40F2O/c1-4-6-19-7-12-21(13-8-19)22-14-9-20(10-15-22)11-16-23-17-18(3)26(29-5-2)25(28)24(23)27/h17,19-22H,4-16H2,1-3H3. The van der Waals surface area contributed by atoms with Gasteiger partial charge in [0.25, 0.3) is 0 Å². The van der Waals surface area contributed by atoms with Crippen molar-refractivity contribution in [1.82, 2.24) is 0 Å². The minimum absolute atomic E-state index is 0.0721. The third kappa shape index (κ3) is 5.73. The third-order valence-corrected chi connectivity index (χ3v) is 7.68. The zero-order valence-corrected chi connectivity index (χ0v) is 18.7. The van der Waals surface area contributed by atoms with Gasteiger partial charge < -0.3 is 4.74 Å². The molecular weight excluding hydrogens is 366 g/mol. The molecule has 0 radical (unpaired) electrons. The normalized spacial score (nSPS) is 27.8. The second-order valence-corrected chi connectivity index (χ2v) is 9.63. The van der Waals surface area contributed by atoms with Crippen molar-refractivity contribution in [3.8, 4) is 5.75 Å². The van der Waals surface area contributed by atoms with E-state index in [0.717, 1.165) is 24.2 Å². The van der Waals surface area contributed by atoms with Gasteiger partial charge in [-0.15, -0.1) is 0 Å². The topological polar surface area (TPSA) is 9.23 Å². The van der Waals surface area contributed by atoms with E-state index in [-0.39, 0.29) is 5.75 Å². The van der Waals surface area contributed by atoms with Gasteiger partial charge in [0.15, 0.2) is 11.6 Å². The Labute approximate surface area is 176 Å². The highest BCUT2D eigenvalue weighted by atomic mass is 19.2. The van der Waals surface area contributed by atoms with Crippen LogP contribution in [0.5, 0.6) is 5.75 Å². The highest BCUT2D eigenvalue weighted by molar-refractivity contribution is 5.39. The molecule has 0 N–H and O–H groups in total. The number of hydrogen-bond donors (Lipinski definition) is 0. The van der Waals surface area contributed by atoms with Gasteiger partial charge in [-0.3, -0.25) is 0 Å². The van der Waals surface area contributed by atoms with E-state index in [1.54, 1.807) is 19.9 Å². The molecule has 3 heteroatoms. The number of ether oxygens (including phenoxy) is 1. The van der Waals surface area contributed by atoms with Gasteiger partial charge in [-0.2, -0.15) is 4.39 Å². The maximum atomic E-state index is 14.5. The number of benzene rings is 1. The predicted octanol–water partition coefficient (Wildman–Crippen LogP) is 8.02. The fourth-order valence-electron chi connectivity index (χ4n) is 5.97. The number of aryl methyl sites for hydroxylation is 2. The molecule has 2 fully saturated rings. The fourth-order valence-corrected chi connectivity index (χ4v) is 5.97. The van der Waals surface area contributed by atoms with Gasteiger partial charge in [-0.1, -0.05) is 45.4 Å². The van der Waals surface area contributed by atoms with Crippen LogP contribution in [0, 0.1) is 42.2 Å². The van der Waals surface area contributed by atoms with Gasteiger partial charge in [0.2, 0.25) is 5.82 Å². The Morgan fingerprint density at radius 1 is 0.828 bits per heavy atom. The molecule has 0 atom stereocenters. The quantitative estimate of drug-likeness (QED) is 0.425. The van der Waals surface area contributed by atoms with Crippen molar-refractivity contribution in [3.63, 3.8) is 0 Å². The van der Waals surface area contributed by atoms with Crippen LogP contribution in [0.4, 0.5) is 8.78 Å². The van der Waals surface area contributed by atoms with Crippen LogP contribution < -0.4 is 4.74 Å². The number of halogens is 2. The third-order valence-electron chi connectivity index (χ3n) is 7.68. The molecule has 2 aliphatic carbocycles. The second kappa shape index (κ2) is 10.8. The summed E-state index contributed by atoms with van der Waals surface area (Å²) in [4.78, 5) is 0. The zero-order chi connectivity index (χ0) is 20.8. The lowest BCUT2D eigenvalue weighted by Gasteiger charge is -2.38. The molecule has 3 rings (SSSR count). The summed E-state index contributed by atoms with van der Waals surface area (Å²) in [5.74, 6) is 2.06. The minimum atomic E-state index is -0.816. The van der Waals surface area contributed by atoms with Crippen molar-refractivity contribution >= 4 is 0 Å². The lowest BCUT2D eigenvalue weighted by Crippen LogP contribution is -2.26. The molecule has 0 bridgehead atoms. The van der Waals surface area contributed by atoms with E-state index in [4.69, 9.17) is 4.74 Å². The largest absolute Gasteiger partial charge is 0.490 e. The van der Waals surface area contributed by atoms with Gasteiger partial charge in [0.05, 0.1) is 6.61 Å². The summed E-state index contributed by atoms with van der Waals surface area (Å²) >= 11 is 0. The summed E-state index contributed by atoms with van der Waals surface area (Å²) in [6.07, 6.45) is 15.3. The minimum Gasteiger partial charge on any atom is -0.490 e. The van der Waals surface area contributed by atoms with Crippen LogP contribution in [0.15, 0.2) is 6.07 Å². The molecule has 2 saturated carbocycles. The van der Waals surface area contributed by atoms with E-state index in [1.165, 1.54) is 64.2 Å². The maximum absolute atomic E-state index is 14.5. The average molecular weight is 407 g/mol. The molecule has 0 unspecified atom stereocenters. The van der Waals surface area contributed by atoms with Crippen molar-refractivity contribution in [1.29, 1.82) is 0 Å². The Balaban J connectivity index is 1.46. The van der Waals surface area contributed by atoms with Crippen molar-refractivity contribution in [2.75, 3.05) is 6.61 Å². The van der Waals surface area contributed by atoms with E-state index < -0.39 is 11.6 Å². The molecule has 0 saturated heterocycles.